The molecule has 2 aliphatic heterocycles. The van der Waals surface area contributed by atoms with Crippen molar-refractivity contribution >= 4 is 5.91 Å². The molecule has 0 aliphatic carbocycles. The van der Waals surface area contributed by atoms with Gasteiger partial charge in [0.1, 0.15) is 5.82 Å². The standard InChI is InChI=1S/C22H28FN3O2/c1-3-17-11-19(28-25-17)14-26-18-8-9-20(26)22(4-2,12-18)21(27)24-13-15-6-5-7-16(23)10-15/h5-7,10-11,18,20H,3-4,8-9,12-14H2,1-2H3,(H,24,27)/t18-,20+,22+/m0/s1. The SMILES string of the molecule is CCc1cc(CN2[C@H]3CC[C@@H]2[C@](CC)(C(=O)NCc2cccc(F)c2)C3)on1. The van der Waals surface area contributed by atoms with Crippen LogP contribution in [0.5, 0.6) is 0 Å². The third kappa shape index (κ3) is 3.34. The van der Waals surface area contributed by atoms with E-state index in [1.165, 1.54) is 12.1 Å². The van der Waals surface area contributed by atoms with Crippen LogP contribution in [0.2, 0.25) is 0 Å². The number of carbonyl (C=O) groups is 1. The summed E-state index contributed by atoms with van der Waals surface area (Å²) in [6, 6.07) is 9.04. The molecule has 5 nitrogen and oxygen atoms in total. The molecule has 2 aromatic rings. The molecule has 0 spiro atoms. The van der Waals surface area contributed by atoms with Gasteiger partial charge in [-0.15, -0.1) is 0 Å². The van der Waals surface area contributed by atoms with Gasteiger partial charge in [-0.2, -0.15) is 0 Å². The van der Waals surface area contributed by atoms with Crippen molar-refractivity contribution < 1.29 is 13.7 Å². The molecular formula is C22H28FN3O2. The lowest BCUT2D eigenvalue weighted by atomic mass is 9.71. The van der Waals surface area contributed by atoms with Gasteiger partial charge in [0, 0.05) is 24.7 Å². The van der Waals surface area contributed by atoms with Crippen LogP contribution in [-0.2, 0) is 24.3 Å². The second kappa shape index (κ2) is 7.66. The number of rotatable bonds is 7. The van der Waals surface area contributed by atoms with Gasteiger partial charge in [-0.1, -0.05) is 31.1 Å². The average molecular weight is 385 g/mol. The van der Waals surface area contributed by atoms with Gasteiger partial charge < -0.3 is 9.84 Å². The van der Waals surface area contributed by atoms with Crippen LogP contribution in [0.4, 0.5) is 4.39 Å². The van der Waals surface area contributed by atoms with Crippen LogP contribution in [0.25, 0.3) is 0 Å². The fourth-order valence-corrected chi connectivity index (χ4v) is 5.11. The maximum Gasteiger partial charge on any atom is 0.228 e. The molecule has 2 saturated heterocycles. The zero-order chi connectivity index (χ0) is 19.7. The van der Waals surface area contributed by atoms with E-state index in [9.17, 15) is 9.18 Å². The number of fused-ring (bicyclic) bond motifs is 2. The highest BCUT2D eigenvalue weighted by molar-refractivity contribution is 5.84. The van der Waals surface area contributed by atoms with Crippen LogP contribution in [0.1, 0.15) is 56.5 Å². The van der Waals surface area contributed by atoms with E-state index < -0.39 is 0 Å². The Balaban J connectivity index is 1.46. The minimum absolute atomic E-state index is 0.0864. The molecule has 1 aromatic heterocycles. The fraction of sp³-hybridized carbons (Fsp3) is 0.545. The summed E-state index contributed by atoms with van der Waals surface area (Å²) in [4.78, 5) is 15.7. The number of halogens is 1. The summed E-state index contributed by atoms with van der Waals surface area (Å²) in [6.45, 7) is 5.23. The number of aryl methyl sites for hydroxylation is 1. The van der Waals surface area contributed by atoms with E-state index in [1.54, 1.807) is 6.07 Å². The summed E-state index contributed by atoms with van der Waals surface area (Å²) in [5.74, 6) is 0.686. The monoisotopic (exact) mass is 385 g/mol. The summed E-state index contributed by atoms with van der Waals surface area (Å²) >= 11 is 0. The van der Waals surface area contributed by atoms with Crippen molar-refractivity contribution in [3.05, 3.63) is 53.2 Å². The second-order valence-electron chi connectivity index (χ2n) is 8.08. The molecule has 28 heavy (non-hydrogen) atoms. The minimum atomic E-state index is -0.385. The van der Waals surface area contributed by atoms with Crippen molar-refractivity contribution in [2.75, 3.05) is 0 Å². The summed E-state index contributed by atoms with van der Waals surface area (Å²) in [5, 5.41) is 7.17. The number of amides is 1. The van der Waals surface area contributed by atoms with Crippen molar-refractivity contribution in [2.45, 2.75) is 71.1 Å². The second-order valence-corrected chi connectivity index (χ2v) is 8.08. The Morgan fingerprint density at radius 2 is 2.21 bits per heavy atom. The number of nitrogens with zero attached hydrogens (tertiary/aromatic N) is 2. The number of carbonyl (C=O) groups excluding carboxylic acids is 1. The Hall–Kier alpha value is -2.21. The number of hydrogen-bond donors (Lipinski definition) is 1. The first kappa shape index (κ1) is 19.1. The number of nitrogens with one attached hydrogen (secondary N) is 1. The lowest BCUT2D eigenvalue weighted by molar-refractivity contribution is -0.133. The first-order valence-electron chi connectivity index (χ1n) is 10.3. The summed E-state index contributed by atoms with van der Waals surface area (Å²) in [6.07, 6.45) is 4.69. The molecule has 6 heteroatoms. The van der Waals surface area contributed by atoms with Crippen LogP contribution in [0.3, 0.4) is 0 Å². The third-order valence-corrected chi connectivity index (χ3v) is 6.61. The Kier molecular flexibility index (Phi) is 5.23. The van der Waals surface area contributed by atoms with Gasteiger partial charge in [0.2, 0.25) is 5.91 Å². The molecule has 150 valence electrons. The van der Waals surface area contributed by atoms with Gasteiger partial charge in [-0.25, -0.2) is 4.39 Å². The molecule has 0 saturated carbocycles. The first-order chi connectivity index (χ1) is 13.6. The maximum atomic E-state index is 13.4. The highest BCUT2D eigenvalue weighted by atomic mass is 19.1. The summed E-state index contributed by atoms with van der Waals surface area (Å²) in [7, 11) is 0. The van der Waals surface area contributed by atoms with Crippen LogP contribution >= 0.6 is 0 Å². The van der Waals surface area contributed by atoms with Crippen molar-refractivity contribution in [1.29, 1.82) is 0 Å². The quantitative estimate of drug-likeness (QED) is 0.787. The molecule has 1 aromatic carbocycles. The van der Waals surface area contributed by atoms with E-state index in [1.807, 2.05) is 12.1 Å². The number of benzene rings is 1. The largest absolute Gasteiger partial charge is 0.360 e. The van der Waals surface area contributed by atoms with Gasteiger partial charge in [-0.3, -0.25) is 9.69 Å². The van der Waals surface area contributed by atoms with E-state index in [-0.39, 0.29) is 23.2 Å². The van der Waals surface area contributed by atoms with Gasteiger partial charge in [-0.05, 0) is 49.8 Å². The highest BCUT2D eigenvalue weighted by Gasteiger charge is 2.58. The molecule has 4 rings (SSSR count). The van der Waals surface area contributed by atoms with Gasteiger partial charge >= 0.3 is 0 Å². The minimum Gasteiger partial charge on any atom is -0.360 e. The van der Waals surface area contributed by atoms with E-state index in [0.717, 1.165) is 49.1 Å². The van der Waals surface area contributed by atoms with E-state index >= 15 is 0 Å². The Morgan fingerprint density at radius 3 is 2.93 bits per heavy atom. The van der Waals surface area contributed by atoms with Crippen molar-refractivity contribution in [1.82, 2.24) is 15.4 Å². The predicted molar refractivity (Wildman–Crippen MR) is 104 cm³/mol. The molecule has 2 bridgehead atoms. The van der Waals surface area contributed by atoms with Gasteiger partial charge in [0.25, 0.3) is 0 Å². The Bertz CT molecular complexity index is 852. The summed E-state index contributed by atoms with van der Waals surface area (Å²) in [5.41, 5.74) is 1.37. The van der Waals surface area contributed by atoms with E-state index in [0.29, 0.717) is 19.1 Å². The molecular weight excluding hydrogens is 357 g/mol. The van der Waals surface area contributed by atoms with Crippen molar-refractivity contribution in [3.63, 3.8) is 0 Å². The molecule has 0 unspecified atom stereocenters. The lowest BCUT2D eigenvalue weighted by Crippen LogP contribution is -2.48. The van der Waals surface area contributed by atoms with E-state index in [2.05, 4.69) is 29.2 Å². The van der Waals surface area contributed by atoms with Crippen molar-refractivity contribution in [2.24, 2.45) is 5.41 Å². The smallest absolute Gasteiger partial charge is 0.228 e. The lowest BCUT2D eigenvalue weighted by Gasteiger charge is -2.35. The zero-order valence-corrected chi connectivity index (χ0v) is 16.6. The zero-order valence-electron chi connectivity index (χ0n) is 16.6. The Labute approximate surface area is 165 Å². The van der Waals surface area contributed by atoms with Crippen molar-refractivity contribution in [3.8, 4) is 0 Å². The van der Waals surface area contributed by atoms with Crippen LogP contribution in [0, 0.1) is 11.2 Å². The van der Waals surface area contributed by atoms with Crippen LogP contribution in [0.15, 0.2) is 34.9 Å². The molecule has 1 N–H and O–H groups in total. The molecule has 2 aliphatic rings. The van der Waals surface area contributed by atoms with Crippen LogP contribution < -0.4 is 5.32 Å². The first-order valence-corrected chi connectivity index (χ1v) is 10.3. The topological polar surface area (TPSA) is 58.4 Å². The molecule has 3 heterocycles. The average Bonchev–Trinajstić information content (AvgIpc) is 3.40. The predicted octanol–water partition coefficient (Wildman–Crippen LogP) is 3.83. The molecule has 0 radical (unpaired) electrons. The molecule has 1 amide bonds. The molecule has 3 atom stereocenters. The normalized spacial score (nSPS) is 26.7. The van der Waals surface area contributed by atoms with Crippen LogP contribution in [-0.4, -0.2) is 28.0 Å². The maximum absolute atomic E-state index is 13.4. The third-order valence-electron chi connectivity index (χ3n) is 6.61. The number of hydrogen-bond acceptors (Lipinski definition) is 4. The van der Waals surface area contributed by atoms with Gasteiger partial charge in [0.15, 0.2) is 5.76 Å². The van der Waals surface area contributed by atoms with Gasteiger partial charge in [0.05, 0.1) is 17.7 Å². The number of aromatic nitrogens is 1. The fourth-order valence-electron chi connectivity index (χ4n) is 5.11. The van der Waals surface area contributed by atoms with E-state index in [4.69, 9.17) is 4.52 Å². The summed E-state index contributed by atoms with van der Waals surface area (Å²) < 4.78 is 18.9. The Morgan fingerprint density at radius 1 is 1.36 bits per heavy atom. The molecule has 2 fully saturated rings. The highest BCUT2D eigenvalue weighted by Crippen LogP contribution is 2.52.